The Hall–Kier alpha value is -3.81. The number of nitrogens with one attached hydrogen (secondary N) is 1. The number of aromatic nitrogens is 1. The fraction of sp³-hybridized carbons (Fsp3) is 0. The van der Waals surface area contributed by atoms with Gasteiger partial charge in [-0.1, -0.05) is 96.5 Å². The van der Waals surface area contributed by atoms with Gasteiger partial charge in [-0.3, -0.25) is 0 Å². The molecular weight excluding hydrogens is 410 g/mol. The number of hydrogen-bond donors (Lipinski definition) is 1. The predicted octanol–water partition coefficient (Wildman–Crippen LogP) is 8.45. The van der Waals surface area contributed by atoms with Crippen molar-refractivity contribution >= 4 is 55.3 Å². The van der Waals surface area contributed by atoms with Crippen LogP contribution in [-0.2, 0) is 0 Å². The molecule has 150 valence electrons. The van der Waals surface area contributed by atoms with Crippen LogP contribution in [0.4, 0.5) is 0 Å². The standard InChI is InChI=1S/C30H18ClN/c31-21-16-23-28(19-10-5-2-6-11-19)26(18-8-3-1-4-9-18)22-13-7-12-20-14-15-24-30(27(20)22)29(23)25(17-21)32-24/h1-17,32H. The third kappa shape index (κ3) is 2.40. The van der Waals surface area contributed by atoms with E-state index < -0.39 is 0 Å². The van der Waals surface area contributed by atoms with Crippen LogP contribution in [0.5, 0.6) is 0 Å². The van der Waals surface area contributed by atoms with Crippen molar-refractivity contribution in [1.82, 2.24) is 4.98 Å². The van der Waals surface area contributed by atoms with Gasteiger partial charge in [-0.05, 0) is 62.4 Å². The Kier molecular flexibility index (Phi) is 3.67. The maximum absolute atomic E-state index is 6.69. The molecule has 0 amide bonds. The summed E-state index contributed by atoms with van der Waals surface area (Å²) in [6.07, 6.45) is 0. The van der Waals surface area contributed by atoms with Crippen LogP contribution in [0.15, 0.2) is 103 Å². The summed E-state index contributed by atoms with van der Waals surface area (Å²) < 4.78 is 0. The summed E-state index contributed by atoms with van der Waals surface area (Å²) in [7, 11) is 0. The van der Waals surface area contributed by atoms with Crippen molar-refractivity contribution < 1.29 is 0 Å². The fourth-order valence-corrected chi connectivity index (χ4v) is 5.57. The first kappa shape index (κ1) is 17.8. The molecule has 0 spiro atoms. The first-order valence-electron chi connectivity index (χ1n) is 10.8. The molecule has 0 fully saturated rings. The van der Waals surface area contributed by atoms with E-state index in [4.69, 9.17) is 11.6 Å². The quantitative estimate of drug-likeness (QED) is 0.285. The van der Waals surface area contributed by atoms with Gasteiger partial charge in [-0.15, -0.1) is 0 Å². The highest BCUT2D eigenvalue weighted by Crippen LogP contribution is 2.49. The van der Waals surface area contributed by atoms with Crippen LogP contribution < -0.4 is 0 Å². The molecule has 1 aromatic heterocycles. The minimum Gasteiger partial charge on any atom is -0.354 e. The largest absolute Gasteiger partial charge is 0.354 e. The van der Waals surface area contributed by atoms with E-state index in [0.29, 0.717) is 0 Å². The van der Waals surface area contributed by atoms with Crippen LogP contribution in [-0.4, -0.2) is 4.98 Å². The highest BCUT2D eigenvalue weighted by Gasteiger charge is 2.26. The van der Waals surface area contributed by atoms with Crippen molar-refractivity contribution in [2.45, 2.75) is 0 Å². The summed E-state index contributed by atoms with van der Waals surface area (Å²) in [5.41, 5.74) is 9.51. The summed E-state index contributed by atoms with van der Waals surface area (Å²) in [6.45, 7) is 0. The average Bonchev–Trinajstić information content (AvgIpc) is 3.15. The van der Waals surface area contributed by atoms with Gasteiger partial charge in [0.2, 0.25) is 0 Å². The van der Waals surface area contributed by atoms with Crippen molar-refractivity contribution in [3.05, 3.63) is 130 Å². The Balaban J connectivity index is 1.82. The second-order valence-corrected chi connectivity index (χ2v) is 8.81. The van der Waals surface area contributed by atoms with Crippen LogP contribution in [0.3, 0.4) is 0 Å². The van der Waals surface area contributed by atoms with Gasteiger partial charge in [0.1, 0.15) is 0 Å². The topological polar surface area (TPSA) is 15.8 Å². The number of benzene rings is 5. The molecule has 0 bridgehead atoms. The smallest absolute Gasteiger partial charge is 0.0486 e. The molecule has 0 aliphatic heterocycles. The zero-order valence-corrected chi connectivity index (χ0v) is 17.9. The Morgan fingerprint density at radius 3 is 1.91 bits per heavy atom. The van der Waals surface area contributed by atoms with Crippen LogP contribution in [0.1, 0.15) is 22.3 Å². The maximum atomic E-state index is 6.69. The van der Waals surface area contributed by atoms with E-state index in [2.05, 4.69) is 102 Å². The first-order chi connectivity index (χ1) is 15.8. The first-order valence-corrected chi connectivity index (χ1v) is 11.2. The molecule has 1 heterocycles. The molecule has 32 heavy (non-hydrogen) atoms. The predicted molar refractivity (Wildman–Crippen MR) is 136 cm³/mol. The molecule has 0 saturated heterocycles. The van der Waals surface area contributed by atoms with Crippen LogP contribution in [0.2, 0.25) is 5.02 Å². The van der Waals surface area contributed by atoms with Crippen molar-refractivity contribution in [1.29, 1.82) is 0 Å². The number of rotatable bonds is 2. The van der Waals surface area contributed by atoms with E-state index >= 15 is 0 Å². The molecule has 6 aromatic rings. The number of aromatic amines is 1. The summed E-state index contributed by atoms with van der Waals surface area (Å²) in [5.74, 6) is 0. The van der Waals surface area contributed by atoms with E-state index in [1.165, 1.54) is 54.9 Å². The molecule has 0 atom stereocenters. The molecule has 5 aromatic carbocycles. The SMILES string of the molecule is Clc1cc2c3c(c1)[nH]c1ccc4cccc(c4c13)C(c1ccccc1)=C2c1ccccc1. The van der Waals surface area contributed by atoms with Gasteiger partial charge >= 0.3 is 0 Å². The third-order valence-electron chi connectivity index (χ3n) is 6.58. The van der Waals surface area contributed by atoms with Crippen molar-refractivity contribution in [3.63, 3.8) is 0 Å². The van der Waals surface area contributed by atoms with Crippen molar-refractivity contribution in [2.75, 3.05) is 0 Å². The molecule has 1 N–H and O–H groups in total. The molecule has 1 aliphatic carbocycles. The third-order valence-corrected chi connectivity index (χ3v) is 6.80. The van der Waals surface area contributed by atoms with E-state index in [0.717, 1.165) is 16.1 Å². The monoisotopic (exact) mass is 427 g/mol. The zero-order valence-electron chi connectivity index (χ0n) is 17.2. The summed E-state index contributed by atoms with van der Waals surface area (Å²) in [4.78, 5) is 3.63. The van der Waals surface area contributed by atoms with E-state index in [9.17, 15) is 0 Å². The second kappa shape index (κ2) is 6.59. The Bertz CT molecular complexity index is 1710. The van der Waals surface area contributed by atoms with Gasteiger partial charge in [0.05, 0.1) is 0 Å². The van der Waals surface area contributed by atoms with Gasteiger partial charge in [0.25, 0.3) is 0 Å². The van der Waals surface area contributed by atoms with E-state index in [1.807, 2.05) is 6.07 Å². The molecule has 2 heteroatoms. The Morgan fingerprint density at radius 1 is 0.500 bits per heavy atom. The van der Waals surface area contributed by atoms with Crippen LogP contribution in [0, 0.1) is 0 Å². The van der Waals surface area contributed by atoms with Crippen LogP contribution >= 0.6 is 11.6 Å². The number of halogens is 1. The highest BCUT2D eigenvalue weighted by molar-refractivity contribution is 6.35. The van der Waals surface area contributed by atoms with Gasteiger partial charge in [0.15, 0.2) is 0 Å². The highest BCUT2D eigenvalue weighted by atomic mass is 35.5. The molecule has 0 radical (unpaired) electrons. The fourth-order valence-electron chi connectivity index (χ4n) is 5.35. The van der Waals surface area contributed by atoms with Crippen molar-refractivity contribution in [3.8, 4) is 0 Å². The molecular formula is C30H18ClN. The normalized spacial score (nSPS) is 13.0. The summed E-state index contributed by atoms with van der Waals surface area (Å²) >= 11 is 6.69. The van der Waals surface area contributed by atoms with Gasteiger partial charge in [-0.2, -0.15) is 0 Å². The van der Waals surface area contributed by atoms with Gasteiger partial charge in [0, 0.05) is 26.8 Å². The van der Waals surface area contributed by atoms with E-state index in [1.54, 1.807) is 0 Å². The van der Waals surface area contributed by atoms with Crippen molar-refractivity contribution in [2.24, 2.45) is 0 Å². The molecule has 0 unspecified atom stereocenters. The Labute approximate surface area is 190 Å². The zero-order chi connectivity index (χ0) is 21.2. The van der Waals surface area contributed by atoms with Crippen LogP contribution in [0.25, 0.3) is 43.7 Å². The lowest BCUT2D eigenvalue weighted by Gasteiger charge is -2.18. The van der Waals surface area contributed by atoms with Gasteiger partial charge in [-0.25, -0.2) is 0 Å². The molecule has 1 aliphatic rings. The lowest BCUT2D eigenvalue weighted by Crippen LogP contribution is -1.97. The van der Waals surface area contributed by atoms with E-state index in [-0.39, 0.29) is 0 Å². The minimum atomic E-state index is 0.738. The summed E-state index contributed by atoms with van der Waals surface area (Å²) in [5, 5.41) is 5.80. The lowest BCUT2D eigenvalue weighted by atomic mass is 9.85. The average molecular weight is 428 g/mol. The maximum Gasteiger partial charge on any atom is 0.0486 e. The second-order valence-electron chi connectivity index (χ2n) is 8.37. The Morgan fingerprint density at radius 2 is 1.19 bits per heavy atom. The molecule has 0 saturated carbocycles. The lowest BCUT2D eigenvalue weighted by molar-refractivity contribution is 1.52. The molecule has 1 nitrogen and oxygen atoms in total. The van der Waals surface area contributed by atoms with Gasteiger partial charge < -0.3 is 4.98 Å². The number of H-pyrrole nitrogens is 1. The summed E-state index contributed by atoms with van der Waals surface area (Å²) in [6, 6.07) is 36.6. The minimum absolute atomic E-state index is 0.738. The molecule has 7 rings (SSSR count). The number of hydrogen-bond acceptors (Lipinski definition) is 0.